The Morgan fingerprint density at radius 1 is 0.895 bits per heavy atom. The Kier molecular flexibility index (Phi) is 15.3. The smallest absolute Gasteiger partial charge is 0.0654 e. The van der Waals surface area contributed by atoms with Crippen molar-refractivity contribution in [3.05, 3.63) is 0 Å². The van der Waals surface area contributed by atoms with Crippen molar-refractivity contribution in [2.24, 2.45) is 5.92 Å². The van der Waals surface area contributed by atoms with Crippen LogP contribution in [-0.4, -0.2) is 37.7 Å². The van der Waals surface area contributed by atoms with Crippen LogP contribution in [0.5, 0.6) is 0 Å². The molecule has 3 heteroatoms. The fourth-order valence-electron chi connectivity index (χ4n) is 2.44. The fraction of sp³-hybridized carbons (Fsp3) is 1.00. The van der Waals surface area contributed by atoms with Crippen LogP contribution < -0.4 is 0 Å². The molecule has 19 heavy (non-hydrogen) atoms. The second-order valence-electron chi connectivity index (χ2n) is 6.23. The number of ether oxygens (including phenoxy) is 2. The first-order valence-corrected chi connectivity index (χ1v) is 8.32. The van der Waals surface area contributed by atoms with Crippen LogP contribution in [0.25, 0.3) is 0 Å². The van der Waals surface area contributed by atoms with E-state index < -0.39 is 0 Å². The molecular weight excluding hydrogens is 231 g/mol. The molecule has 0 fully saturated rings. The van der Waals surface area contributed by atoms with Crippen LogP contribution in [-0.2, 0) is 9.47 Å². The zero-order valence-corrected chi connectivity index (χ0v) is 13.7. The van der Waals surface area contributed by atoms with E-state index in [4.69, 9.17) is 9.47 Å². The molecule has 0 radical (unpaired) electrons. The molecule has 0 heterocycles. The van der Waals surface area contributed by atoms with Gasteiger partial charge in [0.05, 0.1) is 0 Å². The van der Waals surface area contributed by atoms with Gasteiger partial charge in [0.2, 0.25) is 0 Å². The van der Waals surface area contributed by atoms with Crippen LogP contribution in [0.4, 0.5) is 0 Å². The van der Waals surface area contributed by atoms with E-state index in [1.54, 1.807) is 0 Å². The van der Waals surface area contributed by atoms with Crippen molar-refractivity contribution in [2.75, 3.05) is 20.0 Å². The van der Waals surface area contributed by atoms with Gasteiger partial charge in [0.15, 0.2) is 0 Å². The van der Waals surface area contributed by atoms with E-state index in [1.807, 2.05) is 0 Å². The molecule has 0 aliphatic carbocycles. The van der Waals surface area contributed by atoms with Gasteiger partial charge in [-0.3, -0.25) is 0 Å². The van der Waals surface area contributed by atoms with Gasteiger partial charge in [0.25, 0.3) is 0 Å². The molecule has 0 saturated heterocycles. The van der Waals surface area contributed by atoms with Crippen LogP contribution in [0.15, 0.2) is 0 Å². The quantitative estimate of drug-likeness (QED) is 0.256. The molecule has 0 aliphatic heterocycles. The van der Waals surface area contributed by atoms with Crippen LogP contribution >= 0.6 is 0 Å². The summed E-state index contributed by atoms with van der Waals surface area (Å²) in [6.45, 7) is 9.05. The van der Waals surface area contributed by atoms with Gasteiger partial charge < -0.3 is 0 Å². The number of hydrogen-bond acceptors (Lipinski definition) is 2. The molecule has 0 amide bonds. The zero-order chi connectivity index (χ0) is 14.3. The van der Waals surface area contributed by atoms with Gasteiger partial charge in [0.1, 0.15) is 0 Å². The van der Waals surface area contributed by atoms with E-state index in [9.17, 15) is 0 Å². The predicted octanol–water partition coefficient (Wildman–Crippen LogP) is 4.73. The first kappa shape index (κ1) is 19.5. The molecule has 2 atom stereocenters. The summed E-state index contributed by atoms with van der Waals surface area (Å²) in [5, 5.41) is 0. The molecule has 0 saturated carbocycles. The Balaban J connectivity index is 3.06. The Labute approximate surface area is 130 Å². The van der Waals surface area contributed by atoms with E-state index in [-0.39, 0.29) is 0 Å². The first-order valence-electron chi connectivity index (χ1n) is 8.32. The third kappa shape index (κ3) is 16.5. The number of unbranched alkanes of at least 4 members (excludes halogenated alkanes) is 4. The molecule has 2 nitrogen and oxygen atoms in total. The second-order valence-corrected chi connectivity index (χ2v) is 6.23. The molecule has 0 N–H and O–H groups in total. The predicted molar refractivity (Wildman–Crippen MR) is 83.7 cm³/mol. The minimum Gasteiger partial charge on any atom is -0.0654 e. The Hall–Kier alpha value is 0.517. The Morgan fingerprint density at radius 2 is 1.53 bits per heavy atom. The van der Waals surface area contributed by atoms with Gasteiger partial charge in [-0.05, 0) is 0 Å². The van der Waals surface area contributed by atoms with Crippen molar-refractivity contribution >= 4 is 17.7 Å². The Bertz CT molecular complexity index is 174. The molecular formula is C16H33LiO2. The van der Waals surface area contributed by atoms with Gasteiger partial charge in [-0.2, -0.15) is 0 Å². The van der Waals surface area contributed by atoms with Gasteiger partial charge in [-0.15, -0.1) is 0 Å². The molecule has 0 bridgehead atoms. The van der Waals surface area contributed by atoms with Crippen LogP contribution in [0.2, 0.25) is 4.59 Å². The maximum absolute atomic E-state index is 5.49. The minimum atomic E-state index is 0.479. The summed E-state index contributed by atoms with van der Waals surface area (Å²) in [4.78, 5) is 0. The molecule has 0 aromatic rings. The normalized spacial score (nSPS) is 14.6. The van der Waals surface area contributed by atoms with Gasteiger partial charge in [0, 0.05) is 0 Å². The van der Waals surface area contributed by atoms with E-state index >= 15 is 0 Å². The first-order chi connectivity index (χ1) is 9.16. The molecule has 2 unspecified atom stereocenters. The topological polar surface area (TPSA) is 18.5 Å². The van der Waals surface area contributed by atoms with E-state index in [1.165, 1.54) is 44.9 Å². The van der Waals surface area contributed by atoms with Crippen molar-refractivity contribution in [1.82, 2.24) is 0 Å². The molecule has 0 spiro atoms. The van der Waals surface area contributed by atoms with Crippen LogP contribution in [0.3, 0.4) is 0 Å². The Morgan fingerprint density at radius 3 is 2.16 bits per heavy atom. The van der Waals surface area contributed by atoms with Crippen LogP contribution in [0.1, 0.15) is 72.1 Å². The number of hydrogen-bond donors (Lipinski definition) is 0. The average molecular weight is 264 g/mol. The van der Waals surface area contributed by atoms with Gasteiger partial charge in [-0.25, -0.2) is 0 Å². The molecule has 0 aliphatic rings. The summed E-state index contributed by atoms with van der Waals surface area (Å²) in [7, 11) is 0. The van der Waals surface area contributed by atoms with Crippen molar-refractivity contribution in [2.45, 2.75) is 76.7 Å². The maximum atomic E-state index is 5.49. The molecule has 110 valence electrons. The third-order valence-corrected chi connectivity index (χ3v) is 3.42. The SMILES string of the molecule is [Li][CH](C)CC(C)CCCOCOCCCCCCC. The average Bonchev–Trinajstić information content (AvgIpc) is 2.35. The van der Waals surface area contributed by atoms with Crippen molar-refractivity contribution in [3.8, 4) is 0 Å². The zero-order valence-electron chi connectivity index (χ0n) is 13.7. The second kappa shape index (κ2) is 14.9. The summed E-state index contributed by atoms with van der Waals surface area (Å²) in [6.07, 6.45) is 10.2. The molecule has 0 rings (SSSR count). The van der Waals surface area contributed by atoms with Crippen molar-refractivity contribution in [1.29, 1.82) is 0 Å². The fourth-order valence-corrected chi connectivity index (χ4v) is 2.44. The van der Waals surface area contributed by atoms with E-state index in [0.29, 0.717) is 6.79 Å². The summed E-state index contributed by atoms with van der Waals surface area (Å²) < 4.78 is 11.8. The molecule has 0 aromatic carbocycles. The minimum absolute atomic E-state index is 0.479. The monoisotopic (exact) mass is 264 g/mol. The van der Waals surface area contributed by atoms with Crippen LogP contribution in [0, 0.1) is 5.92 Å². The third-order valence-electron chi connectivity index (χ3n) is 3.42. The summed E-state index contributed by atoms with van der Waals surface area (Å²) in [5.74, 6) is 0.822. The van der Waals surface area contributed by atoms with E-state index in [0.717, 1.165) is 30.1 Å². The van der Waals surface area contributed by atoms with Gasteiger partial charge in [-0.1, -0.05) is 26.2 Å². The van der Waals surface area contributed by atoms with Crippen molar-refractivity contribution in [3.63, 3.8) is 0 Å². The summed E-state index contributed by atoms with van der Waals surface area (Å²) >= 11 is 2.29. The standard InChI is InChI=1S/C16H33O2.Li/c1-4-6-7-8-9-13-17-15-18-14-10-12-16(3)11-5-2;/h5,16H,4,6-15H2,1-3H3;. The summed E-state index contributed by atoms with van der Waals surface area (Å²) in [5.41, 5.74) is 0. The van der Waals surface area contributed by atoms with Gasteiger partial charge >= 0.3 is 104 Å². The molecule has 0 aromatic heterocycles. The van der Waals surface area contributed by atoms with Crippen molar-refractivity contribution < 1.29 is 9.47 Å². The van der Waals surface area contributed by atoms with E-state index in [2.05, 4.69) is 38.5 Å². The summed E-state index contributed by atoms with van der Waals surface area (Å²) in [6, 6.07) is 0. The number of rotatable bonds is 14.